The minimum Gasteiger partial charge on any atom is -0.482 e. The van der Waals surface area contributed by atoms with Gasteiger partial charge in [0.2, 0.25) is 11.2 Å². The number of halogens is 1. The molecule has 1 atom stereocenters. The summed E-state index contributed by atoms with van der Waals surface area (Å²) in [5, 5.41) is 11.1. The third kappa shape index (κ3) is 3.67. The number of hydrogen-bond acceptors (Lipinski definition) is 4. The fourth-order valence-electron chi connectivity index (χ4n) is 2.28. The van der Waals surface area contributed by atoms with E-state index in [1.807, 2.05) is 30.3 Å². The summed E-state index contributed by atoms with van der Waals surface area (Å²) >= 11 is 5.86. The van der Waals surface area contributed by atoms with E-state index in [2.05, 4.69) is 0 Å². The van der Waals surface area contributed by atoms with Crippen LogP contribution in [0.2, 0.25) is 5.02 Å². The van der Waals surface area contributed by atoms with Gasteiger partial charge in [-0.2, -0.15) is 0 Å². The summed E-state index contributed by atoms with van der Waals surface area (Å²) in [6.07, 6.45) is 0.119. The Balaban J connectivity index is 1.89. The summed E-state index contributed by atoms with van der Waals surface area (Å²) in [6, 6.07) is 17.4. The standard InChI is InChI=1S/C19H15ClO4/c20-15-8-6-14(7-9-15)17(22)19-18(16(21)10-11-23-19)24-12-13-4-2-1-3-5-13/h1-11,17,22H,12H2. The van der Waals surface area contributed by atoms with Crippen molar-refractivity contribution in [2.24, 2.45) is 0 Å². The molecule has 0 aliphatic rings. The van der Waals surface area contributed by atoms with E-state index in [9.17, 15) is 9.90 Å². The molecule has 2 aromatic carbocycles. The van der Waals surface area contributed by atoms with Crippen molar-refractivity contribution < 1.29 is 14.3 Å². The molecule has 4 nitrogen and oxygen atoms in total. The number of aliphatic hydroxyl groups excluding tert-OH is 1. The van der Waals surface area contributed by atoms with Gasteiger partial charge in [-0.3, -0.25) is 4.79 Å². The van der Waals surface area contributed by atoms with E-state index >= 15 is 0 Å². The van der Waals surface area contributed by atoms with Crippen molar-refractivity contribution in [1.29, 1.82) is 0 Å². The summed E-state index contributed by atoms with van der Waals surface area (Å²) in [5.41, 5.74) is 1.12. The third-order valence-electron chi connectivity index (χ3n) is 3.52. The summed E-state index contributed by atoms with van der Waals surface area (Å²) in [5.74, 6) is 0.0737. The van der Waals surface area contributed by atoms with Crippen LogP contribution in [-0.4, -0.2) is 5.11 Å². The SMILES string of the molecule is O=c1ccoc(C(O)c2ccc(Cl)cc2)c1OCc1ccccc1. The Bertz CT molecular complexity index is 857. The molecule has 0 amide bonds. The molecule has 24 heavy (non-hydrogen) atoms. The average molecular weight is 343 g/mol. The van der Waals surface area contributed by atoms with Gasteiger partial charge in [-0.05, 0) is 23.3 Å². The summed E-state index contributed by atoms with van der Waals surface area (Å²) in [7, 11) is 0. The van der Waals surface area contributed by atoms with Crippen LogP contribution in [0.4, 0.5) is 0 Å². The average Bonchev–Trinajstić information content (AvgIpc) is 2.61. The van der Waals surface area contributed by atoms with Gasteiger partial charge in [0, 0.05) is 11.1 Å². The second-order valence-corrected chi connectivity index (χ2v) is 5.64. The predicted octanol–water partition coefficient (Wildman–Crippen LogP) is 3.95. The highest BCUT2D eigenvalue weighted by Gasteiger charge is 2.21. The van der Waals surface area contributed by atoms with Crippen LogP contribution >= 0.6 is 11.6 Å². The van der Waals surface area contributed by atoms with Gasteiger partial charge in [0.25, 0.3) is 0 Å². The highest BCUT2D eigenvalue weighted by molar-refractivity contribution is 6.30. The van der Waals surface area contributed by atoms with Gasteiger partial charge in [-0.15, -0.1) is 0 Å². The lowest BCUT2D eigenvalue weighted by Crippen LogP contribution is -2.12. The monoisotopic (exact) mass is 342 g/mol. The van der Waals surface area contributed by atoms with E-state index in [1.165, 1.54) is 12.3 Å². The molecule has 1 unspecified atom stereocenters. The van der Waals surface area contributed by atoms with E-state index in [0.717, 1.165) is 5.56 Å². The van der Waals surface area contributed by atoms with E-state index in [-0.39, 0.29) is 23.5 Å². The fourth-order valence-corrected chi connectivity index (χ4v) is 2.40. The van der Waals surface area contributed by atoms with Gasteiger partial charge in [-0.1, -0.05) is 54.1 Å². The lowest BCUT2D eigenvalue weighted by atomic mass is 10.1. The van der Waals surface area contributed by atoms with Crippen molar-refractivity contribution in [2.75, 3.05) is 0 Å². The molecule has 0 saturated heterocycles. The van der Waals surface area contributed by atoms with Crippen molar-refractivity contribution in [3.63, 3.8) is 0 Å². The molecule has 0 aliphatic carbocycles. The number of hydrogen-bond donors (Lipinski definition) is 1. The molecule has 1 heterocycles. The second kappa shape index (κ2) is 7.34. The van der Waals surface area contributed by atoms with Gasteiger partial charge >= 0.3 is 0 Å². The van der Waals surface area contributed by atoms with Crippen LogP contribution in [0, 0.1) is 0 Å². The Labute approximate surface area is 143 Å². The molecular weight excluding hydrogens is 328 g/mol. The number of benzene rings is 2. The lowest BCUT2D eigenvalue weighted by Gasteiger charge is -2.14. The van der Waals surface area contributed by atoms with Crippen LogP contribution in [0.5, 0.6) is 5.75 Å². The van der Waals surface area contributed by atoms with Crippen LogP contribution in [-0.2, 0) is 6.61 Å². The molecule has 1 aromatic heterocycles. The lowest BCUT2D eigenvalue weighted by molar-refractivity contribution is 0.171. The maximum Gasteiger partial charge on any atom is 0.227 e. The summed E-state index contributed by atoms with van der Waals surface area (Å²) in [6.45, 7) is 0.204. The van der Waals surface area contributed by atoms with Gasteiger partial charge in [0.05, 0.1) is 6.26 Å². The smallest absolute Gasteiger partial charge is 0.227 e. The normalized spacial score (nSPS) is 11.9. The highest BCUT2D eigenvalue weighted by Crippen LogP contribution is 2.28. The fraction of sp³-hybridized carbons (Fsp3) is 0.105. The van der Waals surface area contributed by atoms with Crippen molar-refractivity contribution in [2.45, 2.75) is 12.7 Å². The summed E-state index contributed by atoms with van der Waals surface area (Å²) in [4.78, 5) is 12.1. The molecule has 3 aromatic rings. The molecule has 0 spiro atoms. The van der Waals surface area contributed by atoms with Gasteiger partial charge in [0.15, 0.2) is 5.76 Å². The highest BCUT2D eigenvalue weighted by atomic mass is 35.5. The van der Waals surface area contributed by atoms with Crippen molar-refractivity contribution in [3.8, 4) is 5.75 Å². The molecule has 0 radical (unpaired) electrons. The van der Waals surface area contributed by atoms with Crippen molar-refractivity contribution >= 4 is 11.6 Å². The topological polar surface area (TPSA) is 59.7 Å². The van der Waals surface area contributed by atoms with E-state index in [1.54, 1.807) is 24.3 Å². The van der Waals surface area contributed by atoms with Gasteiger partial charge in [-0.25, -0.2) is 0 Å². The second-order valence-electron chi connectivity index (χ2n) is 5.21. The first-order valence-electron chi connectivity index (χ1n) is 7.37. The number of aliphatic hydroxyl groups is 1. The van der Waals surface area contributed by atoms with Crippen LogP contribution in [0.25, 0.3) is 0 Å². The van der Waals surface area contributed by atoms with Crippen LogP contribution in [0.15, 0.2) is 76.1 Å². The zero-order chi connectivity index (χ0) is 16.9. The van der Waals surface area contributed by atoms with Gasteiger partial charge < -0.3 is 14.3 Å². The Morgan fingerprint density at radius 2 is 1.75 bits per heavy atom. The zero-order valence-corrected chi connectivity index (χ0v) is 13.4. The van der Waals surface area contributed by atoms with Crippen LogP contribution in [0.3, 0.4) is 0 Å². The van der Waals surface area contributed by atoms with E-state index < -0.39 is 6.10 Å². The number of rotatable bonds is 5. The van der Waals surface area contributed by atoms with Crippen molar-refractivity contribution in [1.82, 2.24) is 0 Å². The maximum atomic E-state index is 12.1. The summed E-state index contributed by atoms with van der Waals surface area (Å²) < 4.78 is 11.0. The molecule has 0 fully saturated rings. The van der Waals surface area contributed by atoms with Gasteiger partial charge in [0.1, 0.15) is 12.7 Å². The quantitative estimate of drug-likeness (QED) is 0.762. The molecule has 3 rings (SSSR count). The first-order valence-corrected chi connectivity index (χ1v) is 7.75. The Morgan fingerprint density at radius 3 is 2.46 bits per heavy atom. The van der Waals surface area contributed by atoms with Crippen LogP contribution in [0.1, 0.15) is 23.0 Å². The number of ether oxygens (including phenoxy) is 1. The largest absolute Gasteiger partial charge is 0.482 e. The first-order chi connectivity index (χ1) is 11.6. The molecule has 122 valence electrons. The molecule has 0 bridgehead atoms. The van der Waals surface area contributed by atoms with Crippen LogP contribution < -0.4 is 10.2 Å². The Morgan fingerprint density at radius 1 is 1.04 bits per heavy atom. The van der Waals surface area contributed by atoms with E-state index in [0.29, 0.717) is 10.6 Å². The molecule has 5 heteroatoms. The molecule has 0 aliphatic heterocycles. The first kappa shape index (κ1) is 16.3. The molecule has 1 N–H and O–H groups in total. The minimum atomic E-state index is -1.12. The molecule has 0 saturated carbocycles. The minimum absolute atomic E-state index is 0.00352. The Hall–Kier alpha value is -2.56. The van der Waals surface area contributed by atoms with E-state index in [4.69, 9.17) is 20.8 Å². The zero-order valence-electron chi connectivity index (χ0n) is 12.7. The molecular formula is C19H15ClO4. The predicted molar refractivity (Wildman–Crippen MR) is 91.3 cm³/mol. The maximum absolute atomic E-state index is 12.1. The Kier molecular flexibility index (Phi) is 4.99. The third-order valence-corrected chi connectivity index (χ3v) is 3.77. The van der Waals surface area contributed by atoms with Crippen molar-refractivity contribution in [3.05, 3.63) is 99.1 Å².